The van der Waals surface area contributed by atoms with Crippen molar-refractivity contribution in [2.24, 2.45) is 0 Å². The van der Waals surface area contributed by atoms with Gasteiger partial charge in [-0.25, -0.2) is 0 Å². The van der Waals surface area contributed by atoms with Crippen LogP contribution in [0.25, 0.3) is 11.5 Å². The monoisotopic (exact) mass is 383 g/mol. The summed E-state index contributed by atoms with van der Waals surface area (Å²) in [6.07, 6.45) is 0. The van der Waals surface area contributed by atoms with E-state index in [1.165, 1.54) is 0 Å². The van der Waals surface area contributed by atoms with E-state index in [1.807, 2.05) is 25.1 Å². The molecule has 1 aromatic heterocycles. The highest BCUT2D eigenvalue weighted by Gasteiger charge is 2.18. The molecule has 0 radical (unpaired) electrons. The fraction of sp³-hybridized carbons (Fsp3) is 0.211. The molecule has 2 aromatic carbocycles. The summed E-state index contributed by atoms with van der Waals surface area (Å²) in [7, 11) is 0. The molecule has 1 N–H and O–H groups in total. The van der Waals surface area contributed by atoms with Gasteiger partial charge in [-0.1, -0.05) is 24.2 Å². The third-order valence-electron chi connectivity index (χ3n) is 3.87. The molecule has 0 bridgehead atoms. The van der Waals surface area contributed by atoms with Crippen molar-refractivity contribution in [3.8, 4) is 23.0 Å². The van der Waals surface area contributed by atoms with Crippen LogP contribution < -0.4 is 14.8 Å². The molecular weight excluding hydrogens is 366 g/mol. The number of aromatic nitrogens is 2. The molecule has 3 aromatic rings. The van der Waals surface area contributed by atoms with Gasteiger partial charge >= 0.3 is 6.01 Å². The van der Waals surface area contributed by atoms with E-state index in [-0.39, 0.29) is 11.9 Å². The van der Waals surface area contributed by atoms with Gasteiger partial charge in [-0.3, -0.25) is 10.1 Å². The van der Waals surface area contributed by atoms with E-state index in [0.717, 1.165) is 10.6 Å². The van der Waals surface area contributed by atoms with Crippen LogP contribution in [0.5, 0.6) is 11.5 Å². The number of nitrogens with zero attached hydrogens (tertiary/aromatic N) is 2. The maximum atomic E-state index is 12.6. The predicted molar refractivity (Wildman–Crippen MR) is 102 cm³/mol. The van der Waals surface area contributed by atoms with Gasteiger partial charge in [0, 0.05) is 10.5 Å². The zero-order valence-corrected chi connectivity index (χ0v) is 15.4. The quantitative estimate of drug-likeness (QED) is 0.669. The van der Waals surface area contributed by atoms with Gasteiger partial charge in [0.1, 0.15) is 13.2 Å². The molecule has 138 valence electrons. The van der Waals surface area contributed by atoms with Crippen LogP contribution in [0.1, 0.15) is 17.3 Å². The first-order valence-electron chi connectivity index (χ1n) is 8.51. The molecule has 0 saturated heterocycles. The van der Waals surface area contributed by atoms with Crippen LogP contribution in [0.4, 0.5) is 6.01 Å². The van der Waals surface area contributed by atoms with E-state index >= 15 is 0 Å². The Balaban J connectivity index is 1.52. The Morgan fingerprint density at radius 1 is 1.11 bits per heavy atom. The van der Waals surface area contributed by atoms with Crippen LogP contribution >= 0.6 is 11.8 Å². The molecule has 0 atom stereocenters. The van der Waals surface area contributed by atoms with Crippen molar-refractivity contribution in [1.82, 2.24) is 10.2 Å². The van der Waals surface area contributed by atoms with Crippen molar-refractivity contribution >= 4 is 23.7 Å². The maximum absolute atomic E-state index is 12.6. The van der Waals surface area contributed by atoms with Crippen LogP contribution in [-0.4, -0.2) is 35.1 Å². The zero-order chi connectivity index (χ0) is 18.6. The number of carbonyl (C=O) groups is 1. The summed E-state index contributed by atoms with van der Waals surface area (Å²) < 4.78 is 16.7. The Hall–Kier alpha value is -3.00. The Morgan fingerprint density at radius 3 is 2.78 bits per heavy atom. The molecule has 4 rings (SSSR count). The summed E-state index contributed by atoms with van der Waals surface area (Å²) in [6.45, 7) is 3.06. The second-order valence-electron chi connectivity index (χ2n) is 5.65. The molecule has 1 aliphatic heterocycles. The van der Waals surface area contributed by atoms with Gasteiger partial charge in [0.25, 0.3) is 5.91 Å². The number of amides is 1. The second kappa shape index (κ2) is 7.71. The number of benzene rings is 2. The third-order valence-corrected chi connectivity index (χ3v) is 4.82. The summed E-state index contributed by atoms with van der Waals surface area (Å²) in [6, 6.07) is 12.8. The van der Waals surface area contributed by atoms with Crippen molar-refractivity contribution in [2.75, 3.05) is 24.3 Å². The topological polar surface area (TPSA) is 86.5 Å². The lowest BCUT2D eigenvalue weighted by Crippen LogP contribution is -2.15. The average molecular weight is 383 g/mol. The van der Waals surface area contributed by atoms with Crippen LogP contribution in [0, 0.1) is 0 Å². The summed E-state index contributed by atoms with van der Waals surface area (Å²) in [4.78, 5) is 13.5. The van der Waals surface area contributed by atoms with Gasteiger partial charge in [-0.2, -0.15) is 0 Å². The molecule has 7 nitrogen and oxygen atoms in total. The lowest BCUT2D eigenvalue weighted by Gasteiger charge is -2.18. The highest BCUT2D eigenvalue weighted by molar-refractivity contribution is 7.99. The minimum atomic E-state index is -0.288. The minimum absolute atomic E-state index is 0.0428. The molecule has 0 saturated carbocycles. The standard InChI is InChI=1S/C19H17N3O4S/c1-2-27-16-6-4-3-5-13(16)17(23)20-19-22-21-18(26-19)12-7-8-14-15(11-12)25-10-9-24-14/h3-8,11H,2,9-10H2,1H3,(H,20,22,23). The van der Waals surface area contributed by atoms with Crippen molar-refractivity contribution in [1.29, 1.82) is 0 Å². The Kier molecular flexibility index (Phi) is 4.97. The smallest absolute Gasteiger partial charge is 0.322 e. The number of thioether (sulfide) groups is 1. The van der Waals surface area contributed by atoms with Gasteiger partial charge in [0.05, 0.1) is 5.56 Å². The number of carbonyl (C=O) groups excluding carboxylic acids is 1. The molecule has 2 heterocycles. The molecular formula is C19H17N3O4S. The average Bonchev–Trinajstić information content (AvgIpc) is 3.16. The largest absolute Gasteiger partial charge is 0.486 e. The summed E-state index contributed by atoms with van der Waals surface area (Å²) in [5.41, 5.74) is 1.26. The molecule has 1 aliphatic rings. The van der Waals surface area contributed by atoms with Gasteiger partial charge in [-0.05, 0) is 36.1 Å². The summed E-state index contributed by atoms with van der Waals surface area (Å²) in [5.74, 6) is 2.19. The first-order chi connectivity index (χ1) is 13.2. The molecule has 8 heteroatoms. The molecule has 0 spiro atoms. The Labute approximate surface area is 160 Å². The van der Waals surface area contributed by atoms with E-state index < -0.39 is 0 Å². The molecule has 1 amide bonds. The number of nitrogens with one attached hydrogen (secondary N) is 1. The van der Waals surface area contributed by atoms with E-state index in [9.17, 15) is 4.79 Å². The third kappa shape index (κ3) is 3.75. The van der Waals surface area contributed by atoms with Gasteiger partial charge < -0.3 is 13.9 Å². The first-order valence-corrected chi connectivity index (χ1v) is 9.50. The van der Waals surface area contributed by atoms with Crippen molar-refractivity contribution in [2.45, 2.75) is 11.8 Å². The van der Waals surface area contributed by atoms with Crippen molar-refractivity contribution in [3.05, 3.63) is 48.0 Å². The minimum Gasteiger partial charge on any atom is -0.486 e. The van der Waals surface area contributed by atoms with Crippen LogP contribution in [0.15, 0.2) is 51.8 Å². The summed E-state index contributed by atoms with van der Waals surface area (Å²) >= 11 is 1.60. The predicted octanol–water partition coefficient (Wildman–Crippen LogP) is 3.87. The molecule has 27 heavy (non-hydrogen) atoms. The van der Waals surface area contributed by atoms with Gasteiger partial charge in [0.2, 0.25) is 5.89 Å². The summed E-state index contributed by atoms with van der Waals surface area (Å²) in [5, 5.41) is 10.6. The van der Waals surface area contributed by atoms with Crippen LogP contribution in [0.2, 0.25) is 0 Å². The molecule has 0 fully saturated rings. The SMILES string of the molecule is CCSc1ccccc1C(=O)Nc1nnc(-c2ccc3c(c2)OCCO3)o1. The van der Waals surface area contributed by atoms with E-state index in [1.54, 1.807) is 36.0 Å². The van der Waals surface area contributed by atoms with E-state index in [0.29, 0.717) is 41.7 Å². The van der Waals surface area contributed by atoms with Crippen LogP contribution in [-0.2, 0) is 0 Å². The van der Waals surface area contributed by atoms with Crippen LogP contribution in [0.3, 0.4) is 0 Å². The van der Waals surface area contributed by atoms with Gasteiger partial charge in [0.15, 0.2) is 11.5 Å². The van der Waals surface area contributed by atoms with Crippen molar-refractivity contribution < 1.29 is 18.7 Å². The molecule has 0 unspecified atom stereocenters. The number of rotatable bonds is 5. The Bertz CT molecular complexity index is 973. The number of hydrogen-bond donors (Lipinski definition) is 1. The maximum Gasteiger partial charge on any atom is 0.322 e. The second-order valence-corrected chi connectivity index (χ2v) is 6.96. The normalized spacial score (nSPS) is 12.6. The highest BCUT2D eigenvalue weighted by atomic mass is 32.2. The fourth-order valence-electron chi connectivity index (χ4n) is 2.67. The number of anilines is 1. The first kappa shape index (κ1) is 17.4. The number of fused-ring (bicyclic) bond motifs is 1. The van der Waals surface area contributed by atoms with E-state index in [4.69, 9.17) is 13.9 Å². The van der Waals surface area contributed by atoms with E-state index in [2.05, 4.69) is 15.5 Å². The van der Waals surface area contributed by atoms with Gasteiger partial charge in [-0.15, -0.1) is 16.9 Å². The fourth-order valence-corrected chi connectivity index (χ4v) is 3.47. The lowest BCUT2D eigenvalue weighted by molar-refractivity contribution is 0.102. The number of hydrogen-bond acceptors (Lipinski definition) is 7. The van der Waals surface area contributed by atoms with Crippen molar-refractivity contribution in [3.63, 3.8) is 0 Å². The lowest BCUT2D eigenvalue weighted by atomic mass is 10.2. The Morgan fingerprint density at radius 2 is 1.93 bits per heavy atom. The molecule has 0 aliphatic carbocycles. The highest BCUT2D eigenvalue weighted by Crippen LogP contribution is 2.34. The number of ether oxygens (including phenoxy) is 2. The zero-order valence-electron chi connectivity index (χ0n) is 14.6.